The molecule has 0 unspecified atom stereocenters. The molecule has 2 aromatic heterocycles. The average Bonchev–Trinajstić information content (AvgIpc) is 3.92. The topological polar surface area (TPSA) is 329 Å². The minimum atomic E-state index is -1.65. The summed E-state index contributed by atoms with van der Waals surface area (Å²) in [6.45, 7) is 3.82. The van der Waals surface area contributed by atoms with Crippen LogP contribution in [0.3, 0.4) is 0 Å². The molecule has 0 saturated carbocycles. The van der Waals surface area contributed by atoms with Crippen molar-refractivity contribution in [2.45, 2.75) is 88.9 Å². The molecule has 8 atom stereocenters. The van der Waals surface area contributed by atoms with Crippen molar-refractivity contribution < 1.29 is 58.4 Å². The number of carbonyl (C=O) groups is 7. The number of imide groups is 1. The lowest BCUT2D eigenvalue weighted by molar-refractivity contribution is -0.185. The van der Waals surface area contributed by atoms with Gasteiger partial charge in [0.2, 0.25) is 23.6 Å². The van der Waals surface area contributed by atoms with Gasteiger partial charge in [-0.1, -0.05) is 56.3 Å². The Bertz CT molecular complexity index is 2400. The zero-order valence-corrected chi connectivity index (χ0v) is 36.0. The Labute approximate surface area is 377 Å². The van der Waals surface area contributed by atoms with Crippen LogP contribution < -0.4 is 31.9 Å². The van der Waals surface area contributed by atoms with Crippen molar-refractivity contribution in [2.75, 3.05) is 23.8 Å². The van der Waals surface area contributed by atoms with E-state index in [0.717, 1.165) is 17.1 Å². The number of aromatic nitrogens is 4. The van der Waals surface area contributed by atoms with Gasteiger partial charge in [0.25, 0.3) is 11.8 Å². The van der Waals surface area contributed by atoms with E-state index in [0.29, 0.717) is 28.0 Å². The summed E-state index contributed by atoms with van der Waals surface area (Å²) in [7, 11) is 0. The molecule has 66 heavy (non-hydrogen) atoms. The molecule has 350 valence electrons. The van der Waals surface area contributed by atoms with Crippen LogP contribution in [0, 0.1) is 5.92 Å². The number of anilines is 2. The molecule has 4 aromatic rings. The Morgan fingerprint density at radius 2 is 1.56 bits per heavy atom. The Hall–Kier alpha value is -7.34. The van der Waals surface area contributed by atoms with Gasteiger partial charge in [0, 0.05) is 37.2 Å². The summed E-state index contributed by atoms with van der Waals surface area (Å²) in [6.07, 6.45) is -2.06. The van der Waals surface area contributed by atoms with E-state index in [9.17, 15) is 48.9 Å². The molecular weight excluding hydrogens is 863 g/mol. The molecule has 0 bridgehead atoms. The van der Waals surface area contributed by atoms with Crippen LogP contribution in [-0.4, -0.2) is 144 Å². The lowest BCUT2D eigenvalue weighted by Crippen LogP contribution is -2.67. The zero-order chi connectivity index (χ0) is 47.5. The third-order valence-electron chi connectivity index (χ3n) is 10.7. The number of nitrogens with one attached hydrogen (secondary N) is 7. The van der Waals surface area contributed by atoms with Gasteiger partial charge >= 0.3 is 6.09 Å². The van der Waals surface area contributed by atoms with Crippen molar-refractivity contribution >= 4 is 64.2 Å². The molecule has 4 heterocycles. The SMILES string of the molecule is CC(C)[C@H](NC(=O)CCN1C(=O)C=CC1=O)C(=O)N[C@@H](C)C(=O)Nc1ccc(COC(=O)N[C@@H](Cc2ccccc2)C(=O)N[C@@H]2[C@@H](O)[C@H](O)[C@@H](Nc3ncnc4nc[nH]c34)O[C@H]2CO)cc1. The molecule has 0 aliphatic carbocycles. The van der Waals surface area contributed by atoms with Crippen LogP contribution in [0.15, 0.2) is 79.4 Å². The number of aliphatic hydroxyl groups excluding tert-OH is 3. The second-order valence-electron chi connectivity index (χ2n) is 15.8. The molecule has 7 amide bonds. The van der Waals surface area contributed by atoms with Crippen LogP contribution in [0.5, 0.6) is 0 Å². The second kappa shape index (κ2) is 22.0. The van der Waals surface area contributed by atoms with Gasteiger partial charge in [0.15, 0.2) is 17.7 Å². The van der Waals surface area contributed by atoms with Gasteiger partial charge in [-0.25, -0.2) is 19.7 Å². The standard InChI is InChI=1S/C43H51N11O12/c1-22(2)32(51-29(56)15-16-54-30(57)13-14-31(54)58)41(63)48-23(3)39(61)49-26-11-9-25(10-12-26)19-65-43(64)50-27(17-24-7-5-4-6-8-24)40(62)52-33-28(18-55)66-42(36(60)35(33)59)53-38-34-37(45-20-44-34)46-21-47-38/h4-14,20-23,27-28,32-33,35-36,42,55,59-60H,15-19H2,1-3H3,(H,48,63)(H,49,61)(H,50,64)(H,51,56)(H,52,62)(H2,44,45,46,47,53)/t23-,27-,28-,32-,33-,35+,36-,42-/m0/s1. The van der Waals surface area contributed by atoms with Gasteiger partial charge in [-0.2, -0.15) is 0 Å². The number of benzene rings is 2. The first-order valence-electron chi connectivity index (χ1n) is 21.0. The number of rotatable bonds is 19. The van der Waals surface area contributed by atoms with E-state index in [1.165, 1.54) is 19.6 Å². The van der Waals surface area contributed by atoms with E-state index < -0.39 is 96.9 Å². The first kappa shape index (κ1) is 48.1. The molecule has 23 heteroatoms. The third-order valence-corrected chi connectivity index (χ3v) is 10.7. The smallest absolute Gasteiger partial charge is 0.408 e. The quantitative estimate of drug-likeness (QED) is 0.0511. The molecule has 6 rings (SSSR count). The summed E-state index contributed by atoms with van der Waals surface area (Å²) in [5.74, 6) is -3.71. The summed E-state index contributed by atoms with van der Waals surface area (Å²) in [5.41, 5.74) is 2.29. The van der Waals surface area contributed by atoms with Crippen molar-refractivity contribution in [3.63, 3.8) is 0 Å². The van der Waals surface area contributed by atoms with Crippen LogP contribution in [0.4, 0.5) is 16.3 Å². The number of hydrogen-bond donors (Lipinski definition) is 10. The summed E-state index contributed by atoms with van der Waals surface area (Å²) < 4.78 is 11.3. The van der Waals surface area contributed by atoms with E-state index in [1.807, 2.05) is 0 Å². The summed E-state index contributed by atoms with van der Waals surface area (Å²) in [6, 6.07) is 10.4. The van der Waals surface area contributed by atoms with E-state index in [-0.39, 0.29) is 37.7 Å². The summed E-state index contributed by atoms with van der Waals surface area (Å²) in [4.78, 5) is 105. The van der Waals surface area contributed by atoms with Gasteiger partial charge in [-0.05, 0) is 36.1 Å². The first-order valence-corrected chi connectivity index (χ1v) is 21.0. The third kappa shape index (κ3) is 12.3. The fraction of sp³-hybridized carbons (Fsp3) is 0.395. The number of hydrogen-bond acceptors (Lipinski definition) is 16. The van der Waals surface area contributed by atoms with E-state index >= 15 is 0 Å². The van der Waals surface area contributed by atoms with Crippen molar-refractivity contribution in [3.05, 3.63) is 90.5 Å². The Kier molecular flexibility index (Phi) is 16.1. The maximum Gasteiger partial charge on any atom is 0.408 e. The largest absolute Gasteiger partial charge is 0.445 e. The van der Waals surface area contributed by atoms with Gasteiger partial charge in [0.1, 0.15) is 54.9 Å². The minimum absolute atomic E-state index is 0.000797. The Balaban J connectivity index is 0.992. The van der Waals surface area contributed by atoms with Gasteiger partial charge in [-0.3, -0.25) is 33.7 Å². The highest BCUT2D eigenvalue weighted by molar-refractivity contribution is 6.13. The number of aliphatic hydroxyl groups is 3. The molecule has 1 fully saturated rings. The number of fused-ring (bicyclic) bond motifs is 1. The highest BCUT2D eigenvalue weighted by Crippen LogP contribution is 2.25. The van der Waals surface area contributed by atoms with Crippen molar-refractivity contribution in [3.8, 4) is 0 Å². The number of ether oxygens (including phenoxy) is 2. The molecule has 2 aromatic carbocycles. The predicted octanol–water partition coefficient (Wildman–Crippen LogP) is -0.875. The molecule has 0 spiro atoms. The molecular formula is C43H51N11O12. The van der Waals surface area contributed by atoms with Crippen molar-refractivity contribution in [1.82, 2.24) is 46.1 Å². The highest BCUT2D eigenvalue weighted by atomic mass is 16.6. The number of carbonyl (C=O) groups excluding carboxylic acids is 7. The number of nitrogens with zero attached hydrogens (tertiary/aromatic N) is 4. The molecule has 10 N–H and O–H groups in total. The second-order valence-corrected chi connectivity index (χ2v) is 15.8. The van der Waals surface area contributed by atoms with Crippen LogP contribution in [0.1, 0.15) is 38.3 Å². The number of H-pyrrole nitrogens is 1. The zero-order valence-electron chi connectivity index (χ0n) is 36.0. The van der Waals surface area contributed by atoms with E-state index in [1.54, 1.807) is 68.4 Å². The van der Waals surface area contributed by atoms with Crippen molar-refractivity contribution in [2.24, 2.45) is 5.92 Å². The highest BCUT2D eigenvalue weighted by Gasteiger charge is 2.46. The molecule has 1 saturated heterocycles. The summed E-state index contributed by atoms with van der Waals surface area (Å²) in [5, 5.41) is 48.4. The maximum atomic E-state index is 13.8. The number of amides is 7. The minimum Gasteiger partial charge on any atom is -0.445 e. The van der Waals surface area contributed by atoms with Crippen LogP contribution >= 0.6 is 0 Å². The Morgan fingerprint density at radius 1 is 0.848 bits per heavy atom. The fourth-order valence-electron chi connectivity index (χ4n) is 7.03. The number of aromatic amines is 1. The molecule has 0 radical (unpaired) electrons. The van der Waals surface area contributed by atoms with E-state index in [4.69, 9.17) is 9.47 Å². The predicted molar refractivity (Wildman–Crippen MR) is 232 cm³/mol. The van der Waals surface area contributed by atoms with Gasteiger partial charge < -0.3 is 61.7 Å². The average molecular weight is 914 g/mol. The molecule has 23 nitrogen and oxygen atoms in total. The monoisotopic (exact) mass is 913 g/mol. The number of imidazole rings is 1. The van der Waals surface area contributed by atoms with Crippen molar-refractivity contribution in [1.29, 1.82) is 0 Å². The van der Waals surface area contributed by atoms with Crippen LogP contribution in [0.2, 0.25) is 0 Å². The molecule has 2 aliphatic heterocycles. The maximum absolute atomic E-state index is 13.8. The molecule has 2 aliphatic rings. The lowest BCUT2D eigenvalue weighted by atomic mass is 9.94. The first-order chi connectivity index (χ1) is 31.6. The fourth-order valence-corrected chi connectivity index (χ4v) is 7.03. The van der Waals surface area contributed by atoms with Gasteiger partial charge in [0.05, 0.1) is 19.0 Å². The Morgan fingerprint density at radius 3 is 2.24 bits per heavy atom. The van der Waals surface area contributed by atoms with Crippen LogP contribution in [0.25, 0.3) is 11.2 Å². The lowest BCUT2D eigenvalue weighted by Gasteiger charge is -2.43. The van der Waals surface area contributed by atoms with Crippen LogP contribution in [-0.2, 0) is 51.3 Å². The van der Waals surface area contributed by atoms with E-state index in [2.05, 4.69) is 51.8 Å². The normalized spacial score (nSPS) is 20.6. The summed E-state index contributed by atoms with van der Waals surface area (Å²) >= 11 is 0. The number of alkyl carbamates (subject to hydrolysis) is 1. The van der Waals surface area contributed by atoms with Gasteiger partial charge in [-0.15, -0.1) is 0 Å².